The van der Waals surface area contributed by atoms with E-state index in [0.29, 0.717) is 61.0 Å². The number of ether oxygens (including phenoxy) is 1. The van der Waals surface area contributed by atoms with Crippen molar-refractivity contribution in [3.8, 4) is 11.3 Å². The number of morpholine rings is 1. The number of hydrogen-bond donors (Lipinski definition) is 1. The summed E-state index contributed by atoms with van der Waals surface area (Å²) in [5.74, 6) is 0.644. The van der Waals surface area contributed by atoms with Crippen LogP contribution in [0.4, 0.5) is 10.6 Å². The minimum Gasteiger partial charge on any atom is -0.464 e. The molecule has 0 bridgehead atoms. The normalized spacial score (nSPS) is 20.4. The fraction of sp³-hybridized carbons (Fsp3) is 0.542. The van der Waals surface area contributed by atoms with E-state index in [0.717, 1.165) is 5.56 Å². The van der Waals surface area contributed by atoms with E-state index in [1.165, 1.54) is 17.0 Å². The number of fused-ring (bicyclic) bond motifs is 1. The number of rotatable bonds is 4. The maximum Gasteiger partial charge on any atom is 0.416 e. The van der Waals surface area contributed by atoms with Gasteiger partial charge in [-0.1, -0.05) is 20.8 Å². The molecule has 11 heteroatoms. The summed E-state index contributed by atoms with van der Waals surface area (Å²) in [6.07, 6.45) is 4.31. The third kappa shape index (κ3) is 3.72. The third-order valence-electron chi connectivity index (χ3n) is 7.16. The summed E-state index contributed by atoms with van der Waals surface area (Å²) in [5.41, 5.74) is 2.56. The molecular formula is C24H31N5O5S. The highest BCUT2D eigenvalue weighted by atomic mass is 32.2. The van der Waals surface area contributed by atoms with Crippen LogP contribution in [0, 0.1) is 0 Å². The molecule has 0 spiro atoms. The third-order valence-corrected chi connectivity index (χ3v) is 9.19. The molecule has 1 atom stereocenters. The summed E-state index contributed by atoms with van der Waals surface area (Å²) < 4.78 is 33.1. The second-order valence-electron chi connectivity index (χ2n) is 10.7. The summed E-state index contributed by atoms with van der Waals surface area (Å²) in [6.45, 7) is 9.81. The van der Waals surface area contributed by atoms with Gasteiger partial charge in [-0.3, -0.25) is 4.57 Å². The Morgan fingerprint density at radius 1 is 1.29 bits per heavy atom. The highest BCUT2D eigenvalue weighted by Crippen LogP contribution is 2.53. The van der Waals surface area contributed by atoms with Crippen molar-refractivity contribution in [3.05, 3.63) is 35.8 Å². The van der Waals surface area contributed by atoms with Gasteiger partial charge in [-0.15, -0.1) is 0 Å². The zero-order chi connectivity index (χ0) is 25.3. The fourth-order valence-corrected chi connectivity index (χ4v) is 6.43. The zero-order valence-electron chi connectivity index (χ0n) is 20.6. The lowest BCUT2D eigenvalue weighted by Crippen LogP contribution is -2.44. The Morgan fingerprint density at radius 3 is 2.57 bits per heavy atom. The molecule has 1 aliphatic carbocycles. The Balaban J connectivity index is 1.82. The van der Waals surface area contributed by atoms with Crippen molar-refractivity contribution in [3.63, 3.8) is 0 Å². The molecule has 1 N–H and O–H groups in total. The quantitative estimate of drug-likeness (QED) is 0.579. The van der Waals surface area contributed by atoms with Crippen molar-refractivity contribution in [1.82, 2.24) is 19.2 Å². The largest absolute Gasteiger partial charge is 0.464 e. The maximum atomic E-state index is 12.9. The SMILES string of the molecule is CC1COCCN1c1cc(C2(S(C)(=O)=O)CC2)n2ncc(-c3c(C(C)(C)C)ccn3C(=O)O)c2n1. The van der Waals surface area contributed by atoms with Gasteiger partial charge in [0.1, 0.15) is 10.6 Å². The topological polar surface area (TPSA) is 119 Å². The Morgan fingerprint density at radius 2 is 2.00 bits per heavy atom. The average Bonchev–Trinajstić information content (AvgIpc) is 3.29. The molecule has 2 fully saturated rings. The zero-order valence-corrected chi connectivity index (χ0v) is 21.5. The molecular weight excluding hydrogens is 470 g/mol. The summed E-state index contributed by atoms with van der Waals surface area (Å²) in [7, 11) is -3.43. The van der Waals surface area contributed by atoms with E-state index in [1.54, 1.807) is 16.8 Å². The van der Waals surface area contributed by atoms with Crippen molar-refractivity contribution in [2.75, 3.05) is 30.9 Å². The van der Waals surface area contributed by atoms with Crippen LogP contribution < -0.4 is 4.90 Å². The van der Waals surface area contributed by atoms with Gasteiger partial charge in [0, 0.05) is 25.1 Å². The Hall–Kier alpha value is -2.92. The lowest BCUT2D eigenvalue weighted by molar-refractivity contribution is 0.0985. The second-order valence-corrected chi connectivity index (χ2v) is 13.0. The maximum absolute atomic E-state index is 12.9. The van der Waals surface area contributed by atoms with Gasteiger partial charge >= 0.3 is 6.09 Å². The van der Waals surface area contributed by atoms with Crippen LogP contribution in [0.15, 0.2) is 24.5 Å². The molecule has 4 heterocycles. The molecule has 0 amide bonds. The highest BCUT2D eigenvalue weighted by Gasteiger charge is 2.56. The summed E-state index contributed by atoms with van der Waals surface area (Å²) in [4.78, 5) is 19.2. The predicted molar refractivity (Wildman–Crippen MR) is 132 cm³/mol. The van der Waals surface area contributed by atoms with Gasteiger partial charge in [0.2, 0.25) is 0 Å². The second kappa shape index (κ2) is 7.79. The van der Waals surface area contributed by atoms with E-state index in [2.05, 4.69) is 10.00 Å². The summed E-state index contributed by atoms with van der Waals surface area (Å²) in [5, 5.41) is 14.5. The molecule has 3 aromatic heterocycles. The number of carbonyl (C=O) groups is 1. The van der Waals surface area contributed by atoms with Crippen LogP contribution in [0.5, 0.6) is 0 Å². The van der Waals surface area contributed by atoms with Crippen LogP contribution in [0.2, 0.25) is 0 Å². The molecule has 188 valence electrons. The summed E-state index contributed by atoms with van der Waals surface area (Å²) >= 11 is 0. The molecule has 10 nitrogen and oxygen atoms in total. The average molecular weight is 502 g/mol. The molecule has 0 aromatic carbocycles. The first-order chi connectivity index (χ1) is 16.3. The van der Waals surface area contributed by atoms with Gasteiger partial charge in [0.15, 0.2) is 15.5 Å². The van der Waals surface area contributed by atoms with Gasteiger partial charge in [-0.05, 0) is 36.8 Å². The van der Waals surface area contributed by atoms with E-state index in [9.17, 15) is 18.3 Å². The van der Waals surface area contributed by atoms with Gasteiger partial charge in [0.05, 0.1) is 42.4 Å². The number of aromatic nitrogens is 4. The van der Waals surface area contributed by atoms with Crippen LogP contribution in [0.25, 0.3) is 16.9 Å². The van der Waals surface area contributed by atoms with E-state index in [1.807, 2.05) is 33.8 Å². The van der Waals surface area contributed by atoms with Crippen LogP contribution in [0.3, 0.4) is 0 Å². The van der Waals surface area contributed by atoms with Gasteiger partial charge in [0.25, 0.3) is 0 Å². The molecule has 2 aliphatic rings. The van der Waals surface area contributed by atoms with Crippen molar-refractivity contribution in [2.24, 2.45) is 0 Å². The minimum atomic E-state index is -3.43. The van der Waals surface area contributed by atoms with E-state index >= 15 is 0 Å². The van der Waals surface area contributed by atoms with Gasteiger partial charge in [-0.25, -0.2) is 22.7 Å². The summed E-state index contributed by atoms with van der Waals surface area (Å²) in [6, 6.07) is 3.70. The molecule has 5 rings (SSSR count). The predicted octanol–water partition coefficient (Wildman–Crippen LogP) is 3.28. The first-order valence-corrected chi connectivity index (χ1v) is 13.6. The first kappa shape index (κ1) is 23.8. The standard InChI is InChI=1S/C24H31N5O5S/c1-15-14-34-11-10-27(15)19-12-18(24(7-8-24)35(5,32)33)29-21(26-19)16(13-25-29)20-17(23(2,3)4)6-9-28(20)22(30)31/h6,9,12-13,15H,7-8,10-11,14H2,1-5H3,(H,30,31). The van der Waals surface area contributed by atoms with Crippen LogP contribution in [0.1, 0.15) is 51.8 Å². The van der Waals surface area contributed by atoms with Crippen LogP contribution in [-0.4, -0.2) is 70.8 Å². The van der Waals surface area contributed by atoms with E-state index in [-0.39, 0.29) is 11.5 Å². The monoisotopic (exact) mass is 501 g/mol. The van der Waals surface area contributed by atoms with Crippen molar-refractivity contribution < 1.29 is 23.1 Å². The molecule has 1 saturated heterocycles. The molecule has 0 radical (unpaired) electrons. The Labute approximate surface area is 204 Å². The van der Waals surface area contributed by atoms with Crippen molar-refractivity contribution in [1.29, 1.82) is 0 Å². The van der Waals surface area contributed by atoms with Gasteiger partial charge in [-0.2, -0.15) is 5.10 Å². The smallest absolute Gasteiger partial charge is 0.416 e. The fourth-order valence-electron chi connectivity index (χ4n) is 5.06. The van der Waals surface area contributed by atoms with E-state index < -0.39 is 20.7 Å². The number of sulfone groups is 1. The number of nitrogens with zero attached hydrogens (tertiary/aromatic N) is 5. The molecule has 35 heavy (non-hydrogen) atoms. The van der Waals surface area contributed by atoms with Crippen LogP contribution in [-0.2, 0) is 24.7 Å². The van der Waals surface area contributed by atoms with Crippen molar-refractivity contribution in [2.45, 2.75) is 56.7 Å². The molecule has 1 aliphatic heterocycles. The minimum absolute atomic E-state index is 0.0549. The first-order valence-electron chi connectivity index (χ1n) is 11.7. The molecule has 3 aromatic rings. The Bertz CT molecular complexity index is 1430. The van der Waals surface area contributed by atoms with E-state index in [4.69, 9.17) is 9.72 Å². The van der Waals surface area contributed by atoms with Crippen molar-refractivity contribution >= 4 is 27.4 Å². The number of anilines is 1. The Kier molecular flexibility index (Phi) is 5.30. The molecule has 1 unspecified atom stereocenters. The lowest BCUT2D eigenvalue weighted by Gasteiger charge is -2.34. The van der Waals surface area contributed by atoms with Crippen LogP contribution >= 0.6 is 0 Å². The number of carboxylic acid groups (broad SMARTS) is 1. The highest BCUT2D eigenvalue weighted by molar-refractivity contribution is 7.91. The van der Waals surface area contributed by atoms with Gasteiger partial charge < -0.3 is 14.7 Å². The molecule has 1 saturated carbocycles. The number of hydrogen-bond acceptors (Lipinski definition) is 7. The lowest BCUT2D eigenvalue weighted by atomic mass is 9.86.